The molecule has 1 aromatic heterocycles. The molecule has 0 aliphatic carbocycles. The van der Waals surface area contributed by atoms with Crippen LogP contribution in [0.25, 0.3) is 0 Å². The number of hydrogen-bond donors (Lipinski definition) is 3. The minimum Gasteiger partial charge on any atom is -0.444 e. The number of anilines is 1. The first-order valence-corrected chi connectivity index (χ1v) is 10.0. The average molecular weight is 407 g/mol. The van der Waals surface area contributed by atoms with Crippen molar-refractivity contribution in [2.45, 2.75) is 26.4 Å². The predicted molar refractivity (Wildman–Crippen MR) is 114 cm³/mol. The first-order chi connectivity index (χ1) is 13.9. The Labute approximate surface area is 173 Å². The third kappa shape index (κ3) is 8.95. The second-order valence-corrected chi connectivity index (χ2v) is 7.73. The molecule has 1 amide bonds. The number of guanidine groups is 1. The number of rotatable bonds is 7. The van der Waals surface area contributed by atoms with Gasteiger partial charge in [-0.3, -0.25) is 9.89 Å². The Morgan fingerprint density at radius 3 is 2.31 bits per heavy atom. The molecule has 3 N–H and O–H groups in total. The van der Waals surface area contributed by atoms with Crippen LogP contribution in [-0.2, 0) is 4.74 Å². The van der Waals surface area contributed by atoms with E-state index in [1.165, 1.54) is 0 Å². The summed E-state index contributed by atoms with van der Waals surface area (Å²) in [6, 6.07) is 1.83. The second-order valence-electron chi connectivity index (χ2n) is 7.73. The van der Waals surface area contributed by atoms with Crippen LogP contribution in [0.2, 0.25) is 0 Å². The maximum atomic E-state index is 11.6. The topological polar surface area (TPSA) is 107 Å². The van der Waals surface area contributed by atoms with Crippen molar-refractivity contribution < 1.29 is 9.53 Å². The van der Waals surface area contributed by atoms with Gasteiger partial charge in [-0.1, -0.05) is 0 Å². The highest BCUT2D eigenvalue weighted by Gasteiger charge is 2.18. The summed E-state index contributed by atoms with van der Waals surface area (Å²) < 4.78 is 5.20. The molecule has 29 heavy (non-hydrogen) atoms. The molecule has 0 spiro atoms. The maximum absolute atomic E-state index is 11.6. The standard InChI is InChI=1S/C19H34N8O2/c1-19(2,3)29-18(28)25-9-8-21-16(20-4)22-10-11-26-12-14-27(15-13-26)17-23-6-5-7-24-17/h5-7H,8-15H2,1-4H3,(H,25,28)(H2,20,21,22). The molecular formula is C19H34N8O2. The van der Waals surface area contributed by atoms with Gasteiger partial charge in [0.05, 0.1) is 0 Å². The predicted octanol–water partition coefficient (Wildman–Crippen LogP) is 0.288. The molecule has 10 heteroatoms. The first kappa shape index (κ1) is 22.7. The minimum absolute atomic E-state index is 0.415. The van der Waals surface area contributed by atoms with Crippen molar-refractivity contribution in [3.8, 4) is 0 Å². The van der Waals surface area contributed by atoms with Gasteiger partial charge in [0, 0.05) is 71.8 Å². The Kier molecular flexibility index (Phi) is 8.91. The van der Waals surface area contributed by atoms with Gasteiger partial charge in [0.1, 0.15) is 5.60 Å². The number of hydrogen-bond acceptors (Lipinski definition) is 7. The van der Waals surface area contributed by atoms with Crippen LogP contribution >= 0.6 is 0 Å². The van der Waals surface area contributed by atoms with Crippen molar-refractivity contribution in [2.24, 2.45) is 4.99 Å². The fourth-order valence-electron chi connectivity index (χ4n) is 2.84. The summed E-state index contributed by atoms with van der Waals surface area (Å²) in [5, 5.41) is 9.19. The van der Waals surface area contributed by atoms with Gasteiger partial charge < -0.3 is 25.6 Å². The molecule has 2 rings (SSSR count). The van der Waals surface area contributed by atoms with E-state index in [9.17, 15) is 4.79 Å². The molecular weight excluding hydrogens is 372 g/mol. The molecule has 1 fully saturated rings. The molecule has 0 bridgehead atoms. The van der Waals surface area contributed by atoms with Crippen molar-refractivity contribution in [1.29, 1.82) is 0 Å². The molecule has 162 valence electrons. The van der Waals surface area contributed by atoms with Gasteiger partial charge in [0.15, 0.2) is 5.96 Å². The number of piperazine rings is 1. The van der Waals surface area contributed by atoms with E-state index < -0.39 is 11.7 Å². The summed E-state index contributed by atoms with van der Waals surface area (Å²) in [5.41, 5.74) is -0.491. The molecule has 1 aromatic rings. The van der Waals surface area contributed by atoms with Gasteiger partial charge >= 0.3 is 6.09 Å². The Balaban J connectivity index is 1.56. The lowest BCUT2D eigenvalue weighted by atomic mass is 10.2. The molecule has 0 aromatic carbocycles. The SMILES string of the molecule is CN=C(NCCNC(=O)OC(C)(C)C)NCCN1CCN(c2ncccn2)CC1. The molecule has 1 saturated heterocycles. The van der Waals surface area contributed by atoms with E-state index in [0.29, 0.717) is 19.0 Å². The zero-order valence-electron chi connectivity index (χ0n) is 17.9. The summed E-state index contributed by atoms with van der Waals surface area (Å²) in [4.78, 5) is 29.1. The molecule has 0 saturated carbocycles. The second kappa shape index (κ2) is 11.4. The van der Waals surface area contributed by atoms with Gasteiger partial charge in [-0.2, -0.15) is 0 Å². The monoisotopic (exact) mass is 406 g/mol. The number of carbonyl (C=O) groups excluding carboxylic acids is 1. The zero-order chi connectivity index (χ0) is 21.1. The van der Waals surface area contributed by atoms with E-state index >= 15 is 0 Å². The fourth-order valence-corrected chi connectivity index (χ4v) is 2.84. The van der Waals surface area contributed by atoms with E-state index in [1.807, 2.05) is 26.8 Å². The number of amides is 1. The van der Waals surface area contributed by atoms with E-state index in [4.69, 9.17) is 4.74 Å². The van der Waals surface area contributed by atoms with Crippen LogP contribution in [0, 0.1) is 0 Å². The number of aromatic nitrogens is 2. The summed E-state index contributed by atoms with van der Waals surface area (Å²) in [5.74, 6) is 1.52. The third-order valence-corrected chi connectivity index (χ3v) is 4.24. The Morgan fingerprint density at radius 1 is 1.07 bits per heavy atom. The van der Waals surface area contributed by atoms with Gasteiger partial charge in [-0.05, 0) is 26.8 Å². The van der Waals surface area contributed by atoms with Gasteiger partial charge in [-0.25, -0.2) is 14.8 Å². The fraction of sp³-hybridized carbons (Fsp3) is 0.684. The van der Waals surface area contributed by atoms with E-state index in [-0.39, 0.29) is 0 Å². The van der Waals surface area contributed by atoms with Crippen LogP contribution in [-0.4, -0.2) is 91.9 Å². The summed E-state index contributed by atoms with van der Waals surface area (Å²) >= 11 is 0. The number of nitrogens with zero attached hydrogens (tertiary/aromatic N) is 5. The van der Waals surface area contributed by atoms with Crippen molar-refractivity contribution in [3.63, 3.8) is 0 Å². The number of aliphatic imine (C=N–C) groups is 1. The minimum atomic E-state index is -0.491. The molecule has 0 radical (unpaired) electrons. The quantitative estimate of drug-likeness (QED) is 0.337. The number of ether oxygens (including phenoxy) is 1. The number of nitrogens with one attached hydrogen (secondary N) is 3. The molecule has 0 unspecified atom stereocenters. The van der Waals surface area contributed by atoms with Crippen LogP contribution in [0.15, 0.2) is 23.5 Å². The summed E-state index contributed by atoms with van der Waals surface area (Å²) in [7, 11) is 1.73. The van der Waals surface area contributed by atoms with E-state index in [2.05, 4.69) is 40.7 Å². The van der Waals surface area contributed by atoms with Crippen molar-refractivity contribution in [1.82, 2.24) is 30.8 Å². The molecule has 10 nitrogen and oxygen atoms in total. The Morgan fingerprint density at radius 2 is 1.69 bits per heavy atom. The van der Waals surface area contributed by atoms with E-state index in [0.717, 1.165) is 45.2 Å². The van der Waals surface area contributed by atoms with Crippen LogP contribution in [0.5, 0.6) is 0 Å². The highest BCUT2D eigenvalue weighted by atomic mass is 16.6. The van der Waals surface area contributed by atoms with Crippen molar-refractivity contribution >= 4 is 18.0 Å². The van der Waals surface area contributed by atoms with Gasteiger partial charge in [-0.15, -0.1) is 0 Å². The summed E-state index contributed by atoms with van der Waals surface area (Å²) in [6.07, 6.45) is 3.14. The zero-order valence-corrected chi connectivity index (χ0v) is 17.9. The lowest BCUT2D eigenvalue weighted by molar-refractivity contribution is 0.0529. The molecule has 1 aliphatic heterocycles. The van der Waals surface area contributed by atoms with Crippen molar-refractivity contribution in [2.75, 3.05) is 64.3 Å². The molecule has 2 heterocycles. The Bertz CT molecular complexity index is 639. The van der Waals surface area contributed by atoms with Crippen molar-refractivity contribution in [3.05, 3.63) is 18.5 Å². The Hall–Kier alpha value is -2.62. The van der Waals surface area contributed by atoms with E-state index in [1.54, 1.807) is 19.4 Å². The number of carbonyl (C=O) groups is 1. The van der Waals surface area contributed by atoms with Crippen LogP contribution < -0.4 is 20.9 Å². The van der Waals surface area contributed by atoms with Gasteiger partial charge in [0.25, 0.3) is 0 Å². The van der Waals surface area contributed by atoms with Crippen LogP contribution in [0.4, 0.5) is 10.7 Å². The lowest BCUT2D eigenvalue weighted by Crippen LogP contribution is -2.50. The largest absolute Gasteiger partial charge is 0.444 e. The van der Waals surface area contributed by atoms with Gasteiger partial charge in [0.2, 0.25) is 5.95 Å². The molecule has 1 aliphatic rings. The highest BCUT2D eigenvalue weighted by Crippen LogP contribution is 2.09. The van der Waals surface area contributed by atoms with Crippen LogP contribution in [0.3, 0.4) is 0 Å². The molecule has 0 atom stereocenters. The van der Waals surface area contributed by atoms with Crippen LogP contribution in [0.1, 0.15) is 20.8 Å². The lowest BCUT2D eigenvalue weighted by Gasteiger charge is -2.34. The normalized spacial score (nSPS) is 15.7. The highest BCUT2D eigenvalue weighted by molar-refractivity contribution is 5.79. The smallest absolute Gasteiger partial charge is 0.407 e. The maximum Gasteiger partial charge on any atom is 0.407 e. The summed E-state index contributed by atoms with van der Waals surface area (Å²) in [6.45, 7) is 12.1. The first-order valence-electron chi connectivity index (χ1n) is 10.0. The average Bonchev–Trinajstić information content (AvgIpc) is 2.69. The third-order valence-electron chi connectivity index (χ3n) is 4.24. The number of alkyl carbamates (subject to hydrolysis) is 1.